The average molecular weight is 202 g/mol. The molecule has 0 fully saturated rings. The van der Waals surface area contributed by atoms with Gasteiger partial charge in [0.05, 0.1) is 0 Å². The van der Waals surface area contributed by atoms with E-state index >= 15 is 0 Å². The first-order valence-corrected chi connectivity index (χ1v) is 4.02. The van der Waals surface area contributed by atoms with Crippen LogP contribution < -0.4 is 0 Å². The topological polar surface area (TPSA) is 93.1 Å². The molecule has 0 saturated heterocycles. The summed E-state index contributed by atoms with van der Waals surface area (Å²) < 4.78 is 8.84. The van der Waals surface area contributed by atoms with E-state index in [0.29, 0.717) is 0 Å². The molecule has 1 aliphatic heterocycles. The molecule has 14 heavy (non-hydrogen) atoms. The van der Waals surface area contributed by atoms with Crippen LogP contribution in [0.5, 0.6) is 0 Å². The molecule has 1 unspecified atom stereocenters. The molecule has 0 aliphatic carbocycles. The van der Waals surface area contributed by atoms with Gasteiger partial charge in [0.1, 0.15) is 0 Å². The second-order valence-corrected chi connectivity index (χ2v) is 2.75. The van der Waals surface area contributed by atoms with E-state index in [9.17, 15) is 19.8 Å². The van der Waals surface area contributed by atoms with Gasteiger partial charge >= 0.3 is 17.9 Å². The molecule has 78 valence electrons. The number of hydrogen-bond acceptors (Lipinski definition) is 6. The first kappa shape index (κ1) is 10.7. The summed E-state index contributed by atoms with van der Waals surface area (Å²) in [7, 11) is 0. The quantitative estimate of drug-likeness (QED) is 0.421. The SMILES string of the molecule is CCC1OC(=O)/C=C/C(=O)OC1(O)O. The van der Waals surface area contributed by atoms with Gasteiger partial charge in [0, 0.05) is 12.2 Å². The Hall–Kier alpha value is -1.40. The third kappa shape index (κ3) is 2.30. The molecule has 1 heterocycles. The van der Waals surface area contributed by atoms with Crippen LogP contribution in [0.2, 0.25) is 0 Å². The van der Waals surface area contributed by atoms with E-state index in [1.165, 1.54) is 0 Å². The molecular formula is C8H10O6. The van der Waals surface area contributed by atoms with Crippen LogP contribution in [0.25, 0.3) is 0 Å². The minimum absolute atomic E-state index is 0.111. The fraction of sp³-hybridized carbons (Fsp3) is 0.500. The fourth-order valence-electron chi connectivity index (χ4n) is 0.989. The molecule has 0 aromatic heterocycles. The van der Waals surface area contributed by atoms with Crippen molar-refractivity contribution in [2.45, 2.75) is 25.4 Å². The summed E-state index contributed by atoms with van der Waals surface area (Å²) in [6, 6.07) is 0. The maximum Gasteiger partial charge on any atom is 0.363 e. The summed E-state index contributed by atoms with van der Waals surface area (Å²) in [6.07, 6.45) is 0.444. The van der Waals surface area contributed by atoms with Crippen molar-refractivity contribution in [3.05, 3.63) is 12.2 Å². The summed E-state index contributed by atoms with van der Waals surface area (Å²) >= 11 is 0. The zero-order valence-corrected chi connectivity index (χ0v) is 7.47. The summed E-state index contributed by atoms with van der Waals surface area (Å²) in [6.45, 7) is 1.55. The van der Waals surface area contributed by atoms with Crippen molar-refractivity contribution in [1.29, 1.82) is 0 Å². The van der Waals surface area contributed by atoms with Crippen LogP contribution >= 0.6 is 0 Å². The molecule has 0 radical (unpaired) electrons. The van der Waals surface area contributed by atoms with E-state index < -0.39 is 24.0 Å². The lowest BCUT2D eigenvalue weighted by Gasteiger charge is -2.29. The molecule has 0 aromatic carbocycles. The van der Waals surface area contributed by atoms with Gasteiger partial charge in [-0.2, -0.15) is 0 Å². The predicted octanol–water partition coefficient (Wildman–Crippen LogP) is -0.940. The van der Waals surface area contributed by atoms with Gasteiger partial charge in [-0.25, -0.2) is 9.59 Å². The van der Waals surface area contributed by atoms with Gasteiger partial charge < -0.3 is 19.7 Å². The highest BCUT2D eigenvalue weighted by Crippen LogP contribution is 2.18. The van der Waals surface area contributed by atoms with Crippen LogP contribution in [-0.2, 0) is 19.1 Å². The van der Waals surface area contributed by atoms with E-state index in [1.807, 2.05) is 0 Å². The van der Waals surface area contributed by atoms with Gasteiger partial charge in [-0.1, -0.05) is 6.92 Å². The molecular weight excluding hydrogens is 192 g/mol. The number of carbonyl (C=O) groups excluding carboxylic acids is 2. The largest absolute Gasteiger partial charge is 0.449 e. The standard InChI is InChI=1S/C8H10O6/c1-2-5-8(11,12)14-7(10)4-3-6(9)13-5/h3-5,11-12H,2H2,1H3/b4-3+. The molecule has 1 aliphatic rings. The van der Waals surface area contributed by atoms with Crippen LogP contribution in [0.3, 0.4) is 0 Å². The lowest BCUT2D eigenvalue weighted by atomic mass is 10.2. The monoisotopic (exact) mass is 202 g/mol. The number of ether oxygens (including phenoxy) is 2. The van der Waals surface area contributed by atoms with E-state index in [4.69, 9.17) is 0 Å². The van der Waals surface area contributed by atoms with Gasteiger partial charge in [-0.15, -0.1) is 0 Å². The maximum atomic E-state index is 10.9. The van der Waals surface area contributed by atoms with Crippen molar-refractivity contribution in [3.63, 3.8) is 0 Å². The highest BCUT2D eigenvalue weighted by molar-refractivity contribution is 5.92. The molecule has 0 aromatic rings. The Balaban J connectivity index is 2.93. The first-order chi connectivity index (χ1) is 6.45. The number of esters is 2. The maximum absolute atomic E-state index is 10.9. The Labute approximate surface area is 79.7 Å². The van der Waals surface area contributed by atoms with E-state index in [-0.39, 0.29) is 6.42 Å². The number of cyclic esters (lactones) is 2. The van der Waals surface area contributed by atoms with Crippen molar-refractivity contribution >= 4 is 11.9 Å². The van der Waals surface area contributed by atoms with E-state index in [2.05, 4.69) is 9.47 Å². The van der Waals surface area contributed by atoms with Crippen molar-refractivity contribution in [3.8, 4) is 0 Å². The van der Waals surface area contributed by atoms with Crippen LogP contribution in [-0.4, -0.2) is 34.2 Å². The second-order valence-electron chi connectivity index (χ2n) is 2.75. The molecule has 0 bridgehead atoms. The van der Waals surface area contributed by atoms with Crippen molar-refractivity contribution in [2.24, 2.45) is 0 Å². The van der Waals surface area contributed by atoms with Gasteiger partial charge in [0.15, 0.2) is 6.10 Å². The highest BCUT2D eigenvalue weighted by Gasteiger charge is 2.41. The smallest absolute Gasteiger partial charge is 0.363 e. The average Bonchev–Trinajstić information content (AvgIpc) is 2.08. The molecule has 1 rings (SSSR count). The lowest BCUT2D eigenvalue weighted by molar-refractivity contribution is -0.357. The molecule has 6 heteroatoms. The normalized spacial score (nSPS) is 28.4. The van der Waals surface area contributed by atoms with Gasteiger partial charge in [-0.05, 0) is 6.42 Å². The highest BCUT2D eigenvalue weighted by atomic mass is 16.8. The summed E-state index contributed by atoms with van der Waals surface area (Å²) in [5.41, 5.74) is 0. The lowest BCUT2D eigenvalue weighted by Crippen LogP contribution is -2.48. The van der Waals surface area contributed by atoms with Crippen molar-refractivity contribution in [2.75, 3.05) is 0 Å². The predicted molar refractivity (Wildman–Crippen MR) is 42.6 cm³/mol. The Kier molecular flexibility index (Phi) is 2.87. The Morgan fingerprint density at radius 1 is 1.36 bits per heavy atom. The van der Waals surface area contributed by atoms with Gasteiger partial charge in [0.2, 0.25) is 0 Å². The third-order valence-electron chi connectivity index (χ3n) is 1.65. The Morgan fingerprint density at radius 3 is 2.50 bits per heavy atom. The summed E-state index contributed by atoms with van der Waals surface area (Å²) in [4.78, 5) is 21.7. The van der Waals surface area contributed by atoms with Gasteiger partial charge in [0.25, 0.3) is 0 Å². The molecule has 2 N–H and O–H groups in total. The van der Waals surface area contributed by atoms with Crippen molar-refractivity contribution in [1.82, 2.24) is 0 Å². The zero-order valence-electron chi connectivity index (χ0n) is 7.47. The summed E-state index contributed by atoms with van der Waals surface area (Å²) in [5.74, 6) is -4.60. The van der Waals surface area contributed by atoms with Crippen LogP contribution in [0.1, 0.15) is 13.3 Å². The number of carbonyl (C=O) groups is 2. The van der Waals surface area contributed by atoms with Crippen LogP contribution in [0.15, 0.2) is 12.2 Å². The molecule has 0 amide bonds. The molecule has 1 atom stereocenters. The number of hydrogen-bond donors (Lipinski definition) is 2. The zero-order chi connectivity index (χ0) is 10.8. The first-order valence-electron chi connectivity index (χ1n) is 4.02. The minimum Gasteiger partial charge on any atom is -0.449 e. The van der Waals surface area contributed by atoms with Crippen molar-refractivity contribution < 1.29 is 29.3 Å². The summed E-state index contributed by atoms with van der Waals surface area (Å²) in [5, 5.41) is 18.5. The van der Waals surface area contributed by atoms with E-state index in [0.717, 1.165) is 12.2 Å². The third-order valence-corrected chi connectivity index (χ3v) is 1.65. The van der Waals surface area contributed by atoms with E-state index in [1.54, 1.807) is 6.92 Å². The molecule has 6 nitrogen and oxygen atoms in total. The van der Waals surface area contributed by atoms with Gasteiger partial charge in [-0.3, -0.25) is 0 Å². The van der Waals surface area contributed by atoms with Crippen LogP contribution in [0, 0.1) is 0 Å². The molecule has 0 saturated carbocycles. The molecule has 0 spiro atoms. The Bertz CT molecular complexity index is 280. The van der Waals surface area contributed by atoms with Crippen LogP contribution in [0.4, 0.5) is 0 Å². The Morgan fingerprint density at radius 2 is 1.93 bits per heavy atom. The second kappa shape index (κ2) is 3.77. The number of aliphatic hydroxyl groups is 2. The minimum atomic E-state index is -2.77. The number of rotatable bonds is 1. The fourth-order valence-corrected chi connectivity index (χ4v) is 0.989.